The Balaban J connectivity index is 2.22. The zero-order chi connectivity index (χ0) is 15.4. The zero-order valence-corrected chi connectivity index (χ0v) is 12.8. The maximum absolute atomic E-state index is 11.7. The topological polar surface area (TPSA) is 55.1 Å². The van der Waals surface area contributed by atoms with Gasteiger partial charge in [-0.3, -0.25) is 4.79 Å². The van der Waals surface area contributed by atoms with E-state index in [0.29, 0.717) is 5.92 Å². The summed E-state index contributed by atoms with van der Waals surface area (Å²) in [5.41, 5.74) is 9.74. The second-order valence-corrected chi connectivity index (χ2v) is 5.67. The van der Waals surface area contributed by atoms with Crippen molar-refractivity contribution in [1.82, 2.24) is 0 Å². The molecular formula is C18H22N2O. The summed E-state index contributed by atoms with van der Waals surface area (Å²) in [5.74, 6) is 0.0870. The van der Waals surface area contributed by atoms with Gasteiger partial charge >= 0.3 is 0 Å². The van der Waals surface area contributed by atoms with Crippen molar-refractivity contribution in [1.29, 1.82) is 0 Å². The van der Waals surface area contributed by atoms with Gasteiger partial charge in [-0.1, -0.05) is 55.8 Å². The summed E-state index contributed by atoms with van der Waals surface area (Å²) in [5, 5.41) is 3.20. The Bertz CT molecular complexity index is 600. The lowest BCUT2D eigenvalue weighted by molar-refractivity contribution is -0.118. The molecule has 1 atom stereocenters. The van der Waals surface area contributed by atoms with Crippen LogP contribution in [0.25, 0.3) is 0 Å². The van der Waals surface area contributed by atoms with E-state index in [2.05, 4.69) is 19.2 Å². The lowest BCUT2D eigenvalue weighted by Crippen LogP contribution is -2.27. The number of hydrogen-bond donors (Lipinski definition) is 2. The van der Waals surface area contributed by atoms with Gasteiger partial charge in [0.1, 0.15) is 6.04 Å². The summed E-state index contributed by atoms with van der Waals surface area (Å²) in [7, 11) is 0. The molecule has 1 amide bonds. The third-order valence-corrected chi connectivity index (χ3v) is 3.58. The van der Waals surface area contributed by atoms with Crippen molar-refractivity contribution in [3.8, 4) is 0 Å². The van der Waals surface area contributed by atoms with Gasteiger partial charge in [-0.05, 0) is 36.1 Å². The Kier molecular flexibility index (Phi) is 4.63. The van der Waals surface area contributed by atoms with E-state index in [0.717, 1.165) is 11.3 Å². The van der Waals surface area contributed by atoms with Crippen molar-refractivity contribution >= 4 is 11.6 Å². The van der Waals surface area contributed by atoms with Gasteiger partial charge in [0.15, 0.2) is 0 Å². The van der Waals surface area contributed by atoms with Crippen LogP contribution in [-0.4, -0.2) is 5.91 Å². The lowest BCUT2D eigenvalue weighted by atomic mass is 9.98. The number of nitrogens with two attached hydrogens (primary N) is 1. The van der Waals surface area contributed by atoms with E-state index in [1.165, 1.54) is 11.1 Å². The molecule has 1 unspecified atom stereocenters. The summed E-state index contributed by atoms with van der Waals surface area (Å²) >= 11 is 0. The van der Waals surface area contributed by atoms with E-state index in [4.69, 9.17) is 5.73 Å². The molecule has 0 heterocycles. The van der Waals surface area contributed by atoms with Gasteiger partial charge < -0.3 is 11.1 Å². The molecule has 3 N–H and O–H groups in total. The van der Waals surface area contributed by atoms with E-state index in [1.807, 2.05) is 55.5 Å². The summed E-state index contributed by atoms with van der Waals surface area (Å²) in [6.45, 7) is 6.32. The van der Waals surface area contributed by atoms with Gasteiger partial charge in [0, 0.05) is 5.69 Å². The molecule has 21 heavy (non-hydrogen) atoms. The maximum Gasteiger partial charge on any atom is 0.244 e. The number of amides is 1. The molecule has 0 aliphatic rings. The van der Waals surface area contributed by atoms with Crippen LogP contribution in [0.5, 0.6) is 0 Å². The molecule has 0 spiro atoms. The van der Waals surface area contributed by atoms with Gasteiger partial charge in [-0.15, -0.1) is 0 Å². The lowest BCUT2D eigenvalue weighted by Gasteiger charge is -2.18. The maximum atomic E-state index is 11.7. The Morgan fingerprint density at radius 1 is 0.952 bits per heavy atom. The molecule has 0 aliphatic heterocycles. The molecule has 0 aromatic heterocycles. The van der Waals surface area contributed by atoms with E-state index >= 15 is 0 Å². The molecule has 110 valence electrons. The fraction of sp³-hybridized carbons (Fsp3) is 0.278. The number of nitrogens with one attached hydrogen (secondary N) is 1. The minimum Gasteiger partial charge on any atom is -0.370 e. The van der Waals surface area contributed by atoms with E-state index < -0.39 is 6.04 Å². The molecule has 0 saturated carbocycles. The number of aryl methyl sites for hydroxylation is 1. The summed E-state index contributed by atoms with van der Waals surface area (Å²) in [6.07, 6.45) is 0. The summed E-state index contributed by atoms with van der Waals surface area (Å²) in [4.78, 5) is 11.7. The van der Waals surface area contributed by atoms with Gasteiger partial charge in [-0.25, -0.2) is 0 Å². The first kappa shape index (κ1) is 15.1. The average Bonchev–Trinajstić information content (AvgIpc) is 2.46. The smallest absolute Gasteiger partial charge is 0.244 e. The first-order valence-electron chi connectivity index (χ1n) is 7.19. The van der Waals surface area contributed by atoms with Crippen LogP contribution in [0.2, 0.25) is 0 Å². The normalized spacial score (nSPS) is 12.2. The van der Waals surface area contributed by atoms with Crippen LogP contribution in [-0.2, 0) is 4.79 Å². The number of primary amides is 1. The molecule has 0 saturated heterocycles. The highest BCUT2D eigenvalue weighted by Crippen LogP contribution is 2.22. The van der Waals surface area contributed by atoms with Crippen molar-refractivity contribution < 1.29 is 4.79 Å². The zero-order valence-electron chi connectivity index (χ0n) is 12.8. The van der Waals surface area contributed by atoms with Gasteiger partial charge in [-0.2, -0.15) is 0 Å². The first-order valence-corrected chi connectivity index (χ1v) is 7.19. The van der Waals surface area contributed by atoms with E-state index in [-0.39, 0.29) is 5.91 Å². The highest BCUT2D eigenvalue weighted by atomic mass is 16.1. The van der Waals surface area contributed by atoms with Crippen LogP contribution < -0.4 is 11.1 Å². The molecule has 0 aliphatic carbocycles. The van der Waals surface area contributed by atoms with Gasteiger partial charge in [0.25, 0.3) is 0 Å². The molecule has 2 rings (SSSR count). The monoisotopic (exact) mass is 282 g/mol. The molecule has 2 aromatic rings. The Hall–Kier alpha value is -2.29. The second-order valence-electron chi connectivity index (χ2n) is 5.67. The Morgan fingerprint density at radius 2 is 1.48 bits per heavy atom. The van der Waals surface area contributed by atoms with Crippen LogP contribution in [0.1, 0.15) is 42.5 Å². The van der Waals surface area contributed by atoms with Crippen molar-refractivity contribution in [2.75, 3.05) is 5.32 Å². The van der Waals surface area contributed by atoms with Crippen molar-refractivity contribution in [3.63, 3.8) is 0 Å². The molecule has 0 radical (unpaired) electrons. The van der Waals surface area contributed by atoms with E-state index in [1.54, 1.807) is 0 Å². The minimum absolute atomic E-state index is 0.382. The van der Waals surface area contributed by atoms with Crippen LogP contribution in [0, 0.1) is 6.92 Å². The van der Waals surface area contributed by atoms with Crippen LogP contribution >= 0.6 is 0 Å². The molecular weight excluding hydrogens is 260 g/mol. The molecule has 3 nitrogen and oxygen atoms in total. The van der Waals surface area contributed by atoms with Crippen LogP contribution in [0.15, 0.2) is 48.5 Å². The Labute approximate surface area is 126 Å². The number of benzene rings is 2. The second kappa shape index (κ2) is 6.44. The highest BCUT2D eigenvalue weighted by Gasteiger charge is 2.17. The molecule has 0 bridgehead atoms. The third-order valence-electron chi connectivity index (χ3n) is 3.58. The quantitative estimate of drug-likeness (QED) is 0.877. The fourth-order valence-corrected chi connectivity index (χ4v) is 2.21. The van der Waals surface area contributed by atoms with Crippen molar-refractivity contribution in [2.24, 2.45) is 5.73 Å². The number of carbonyl (C=O) groups excluding carboxylic acids is 1. The first-order chi connectivity index (χ1) is 9.97. The number of carbonyl (C=O) groups is 1. The van der Waals surface area contributed by atoms with Crippen molar-refractivity contribution in [3.05, 3.63) is 65.2 Å². The molecule has 2 aromatic carbocycles. The number of anilines is 1. The predicted octanol–water partition coefficient (Wildman–Crippen LogP) is 3.76. The van der Waals surface area contributed by atoms with Crippen LogP contribution in [0.4, 0.5) is 5.69 Å². The highest BCUT2D eigenvalue weighted by molar-refractivity contribution is 5.84. The number of rotatable bonds is 5. The average molecular weight is 282 g/mol. The molecule has 0 fully saturated rings. The van der Waals surface area contributed by atoms with Gasteiger partial charge in [0.05, 0.1) is 0 Å². The fourth-order valence-electron chi connectivity index (χ4n) is 2.21. The molecule has 3 heteroatoms. The predicted molar refractivity (Wildman–Crippen MR) is 87.3 cm³/mol. The van der Waals surface area contributed by atoms with Crippen LogP contribution in [0.3, 0.4) is 0 Å². The van der Waals surface area contributed by atoms with Gasteiger partial charge in [0.2, 0.25) is 5.91 Å². The summed E-state index contributed by atoms with van der Waals surface area (Å²) in [6, 6.07) is 15.4. The largest absolute Gasteiger partial charge is 0.370 e. The Morgan fingerprint density at radius 3 is 1.95 bits per heavy atom. The number of hydrogen-bond acceptors (Lipinski definition) is 2. The SMILES string of the molecule is Cc1ccc(NC(C(N)=O)c2ccc(C(C)C)cc2)cc1. The van der Waals surface area contributed by atoms with Crippen molar-refractivity contribution in [2.45, 2.75) is 32.7 Å². The minimum atomic E-state index is -0.520. The third kappa shape index (κ3) is 3.85. The summed E-state index contributed by atoms with van der Waals surface area (Å²) < 4.78 is 0. The van der Waals surface area contributed by atoms with E-state index in [9.17, 15) is 4.79 Å². The standard InChI is InChI=1S/C18H22N2O/c1-12(2)14-6-8-15(9-7-14)17(18(19)21)20-16-10-4-13(3)5-11-16/h4-12,17,20H,1-3H3,(H2,19,21).